The highest BCUT2D eigenvalue weighted by Gasteiger charge is 2.08. The summed E-state index contributed by atoms with van der Waals surface area (Å²) < 4.78 is 11.1. The number of rotatable bonds is 7. The molecule has 0 saturated heterocycles. The molecule has 0 aromatic carbocycles. The summed E-state index contributed by atoms with van der Waals surface area (Å²) in [4.78, 5) is 4.26. The molecular formula is C13H22N2O2. The summed E-state index contributed by atoms with van der Waals surface area (Å²) in [5.74, 6) is 1.04. The lowest BCUT2D eigenvalue weighted by Crippen LogP contribution is -2.12. The smallest absolute Gasteiger partial charge is 0.240 e. The molecule has 96 valence electrons. The molecule has 1 aromatic rings. The molecule has 0 bridgehead atoms. The molecule has 0 saturated carbocycles. The lowest BCUT2D eigenvalue weighted by molar-refractivity contribution is 0.198. The Hall–Kier alpha value is -1.45. The quantitative estimate of drug-likeness (QED) is 0.793. The van der Waals surface area contributed by atoms with E-state index in [2.05, 4.69) is 11.9 Å². The second-order valence-corrected chi connectivity index (χ2v) is 4.11. The first kappa shape index (κ1) is 13.6. The van der Waals surface area contributed by atoms with Gasteiger partial charge in [-0.05, 0) is 25.8 Å². The fourth-order valence-corrected chi connectivity index (χ4v) is 1.49. The van der Waals surface area contributed by atoms with E-state index in [0.29, 0.717) is 24.1 Å². The van der Waals surface area contributed by atoms with E-state index in [1.165, 1.54) is 0 Å². The Labute approximate surface area is 103 Å². The summed E-state index contributed by atoms with van der Waals surface area (Å²) in [6.07, 6.45) is 3.19. The van der Waals surface area contributed by atoms with Crippen LogP contribution in [0.1, 0.15) is 40.0 Å². The second-order valence-electron chi connectivity index (χ2n) is 4.11. The van der Waals surface area contributed by atoms with Crippen LogP contribution >= 0.6 is 0 Å². The van der Waals surface area contributed by atoms with Gasteiger partial charge in [-0.3, -0.25) is 0 Å². The predicted octanol–water partition coefficient (Wildman–Crippen LogP) is 3.02. The summed E-state index contributed by atoms with van der Waals surface area (Å²) in [5.41, 5.74) is 6.33. The molecule has 0 aliphatic heterocycles. The van der Waals surface area contributed by atoms with Crippen molar-refractivity contribution in [2.24, 2.45) is 0 Å². The van der Waals surface area contributed by atoms with E-state index in [1.807, 2.05) is 13.8 Å². The minimum Gasteiger partial charge on any atom is -0.476 e. The topological polar surface area (TPSA) is 57.4 Å². The van der Waals surface area contributed by atoms with Crippen LogP contribution in [0.25, 0.3) is 0 Å². The fourth-order valence-electron chi connectivity index (χ4n) is 1.49. The molecule has 0 radical (unpaired) electrons. The SMILES string of the molecule is CCCOc1nc(OC(C)CCC)ccc1N. The van der Waals surface area contributed by atoms with Gasteiger partial charge in [0.25, 0.3) is 0 Å². The molecule has 0 aliphatic carbocycles. The van der Waals surface area contributed by atoms with Gasteiger partial charge in [-0.25, -0.2) is 0 Å². The van der Waals surface area contributed by atoms with E-state index in [0.717, 1.165) is 19.3 Å². The number of aromatic nitrogens is 1. The van der Waals surface area contributed by atoms with Crippen LogP contribution in [-0.2, 0) is 0 Å². The minimum atomic E-state index is 0.162. The van der Waals surface area contributed by atoms with Gasteiger partial charge in [-0.1, -0.05) is 20.3 Å². The predicted molar refractivity (Wildman–Crippen MR) is 69.4 cm³/mol. The third kappa shape index (κ3) is 4.51. The Balaban J connectivity index is 2.67. The van der Waals surface area contributed by atoms with Crippen LogP contribution in [0, 0.1) is 0 Å². The van der Waals surface area contributed by atoms with Crippen LogP contribution in [0.15, 0.2) is 12.1 Å². The second kappa shape index (κ2) is 6.99. The van der Waals surface area contributed by atoms with Crippen molar-refractivity contribution in [2.45, 2.75) is 46.1 Å². The van der Waals surface area contributed by atoms with Crippen molar-refractivity contribution in [3.8, 4) is 11.8 Å². The molecule has 1 unspecified atom stereocenters. The number of hydrogen-bond acceptors (Lipinski definition) is 4. The molecule has 1 atom stereocenters. The molecule has 4 nitrogen and oxygen atoms in total. The summed E-state index contributed by atoms with van der Waals surface area (Å²) in [6, 6.07) is 3.55. The minimum absolute atomic E-state index is 0.162. The van der Waals surface area contributed by atoms with Crippen molar-refractivity contribution in [2.75, 3.05) is 12.3 Å². The maximum absolute atomic E-state index is 5.78. The van der Waals surface area contributed by atoms with Gasteiger partial charge in [0.15, 0.2) is 0 Å². The van der Waals surface area contributed by atoms with Gasteiger partial charge >= 0.3 is 0 Å². The maximum atomic E-state index is 5.78. The van der Waals surface area contributed by atoms with Crippen molar-refractivity contribution in [3.05, 3.63) is 12.1 Å². The number of anilines is 1. The van der Waals surface area contributed by atoms with E-state index < -0.39 is 0 Å². The molecule has 1 rings (SSSR count). The summed E-state index contributed by atoms with van der Waals surface area (Å²) >= 11 is 0. The van der Waals surface area contributed by atoms with E-state index in [9.17, 15) is 0 Å². The molecule has 2 N–H and O–H groups in total. The maximum Gasteiger partial charge on any atom is 0.240 e. The molecule has 0 amide bonds. The van der Waals surface area contributed by atoms with E-state index in [1.54, 1.807) is 12.1 Å². The van der Waals surface area contributed by atoms with Gasteiger partial charge in [0.05, 0.1) is 18.4 Å². The highest BCUT2D eigenvalue weighted by Crippen LogP contribution is 2.23. The van der Waals surface area contributed by atoms with Crippen molar-refractivity contribution in [3.63, 3.8) is 0 Å². The fraction of sp³-hybridized carbons (Fsp3) is 0.615. The van der Waals surface area contributed by atoms with Crippen LogP contribution in [-0.4, -0.2) is 17.7 Å². The van der Waals surface area contributed by atoms with Gasteiger partial charge in [-0.15, -0.1) is 0 Å². The lowest BCUT2D eigenvalue weighted by atomic mass is 10.2. The van der Waals surface area contributed by atoms with Crippen LogP contribution in [0.4, 0.5) is 5.69 Å². The molecule has 0 fully saturated rings. The van der Waals surface area contributed by atoms with Crippen molar-refractivity contribution >= 4 is 5.69 Å². The molecule has 1 heterocycles. The highest BCUT2D eigenvalue weighted by molar-refractivity contribution is 5.49. The van der Waals surface area contributed by atoms with E-state index >= 15 is 0 Å². The first-order valence-corrected chi connectivity index (χ1v) is 6.23. The zero-order valence-electron chi connectivity index (χ0n) is 10.9. The van der Waals surface area contributed by atoms with Crippen LogP contribution in [0.3, 0.4) is 0 Å². The number of nitrogens with two attached hydrogens (primary N) is 1. The van der Waals surface area contributed by atoms with E-state index in [-0.39, 0.29) is 6.10 Å². The van der Waals surface area contributed by atoms with Crippen molar-refractivity contribution in [1.82, 2.24) is 4.98 Å². The Morgan fingerprint density at radius 2 is 2.06 bits per heavy atom. The lowest BCUT2D eigenvalue weighted by Gasteiger charge is -2.14. The average molecular weight is 238 g/mol. The number of ether oxygens (including phenoxy) is 2. The Morgan fingerprint density at radius 3 is 2.71 bits per heavy atom. The average Bonchev–Trinajstić information content (AvgIpc) is 2.30. The monoisotopic (exact) mass is 238 g/mol. The van der Waals surface area contributed by atoms with Crippen molar-refractivity contribution in [1.29, 1.82) is 0 Å². The third-order valence-electron chi connectivity index (χ3n) is 2.32. The zero-order chi connectivity index (χ0) is 12.7. The normalized spacial score (nSPS) is 12.2. The standard InChI is InChI=1S/C13H22N2O2/c1-4-6-10(3)17-12-8-7-11(14)13(15-12)16-9-5-2/h7-8,10H,4-6,9,14H2,1-3H3. The molecule has 17 heavy (non-hydrogen) atoms. The van der Waals surface area contributed by atoms with Crippen LogP contribution in [0.5, 0.6) is 11.8 Å². The summed E-state index contributed by atoms with van der Waals surface area (Å²) in [5, 5.41) is 0. The third-order valence-corrected chi connectivity index (χ3v) is 2.32. The molecular weight excluding hydrogens is 216 g/mol. The zero-order valence-corrected chi connectivity index (χ0v) is 10.9. The van der Waals surface area contributed by atoms with Gasteiger partial charge in [0, 0.05) is 6.07 Å². The first-order chi connectivity index (χ1) is 8.17. The largest absolute Gasteiger partial charge is 0.476 e. The molecule has 0 aliphatic rings. The highest BCUT2D eigenvalue weighted by atomic mass is 16.5. The summed E-state index contributed by atoms with van der Waals surface area (Å²) in [6.45, 7) is 6.82. The molecule has 0 spiro atoms. The van der Waals surface area contributed by atoms with Crippen LogP contribution in [0.2, 0.25) is 0 Å². The first-order valence-electron chi connectivity index (χ1n) is 6.23. The summed E-state index contributed by atoms with van der Waals surface area (Å²) in [7, 11) is 0. The Bertz CT molecular complexity index is 342. The number of nitrogen functional groups attached to an aromatic ring is 1. The number of pyridine rings is 1. The van der Waals surface area contributed by atoms with Gasteiger partial charge in [-0.2, -0.15) is 4.98 Å². The van der Waals surface area contributed by atoms with Crippen molar-refractivity contribution < 1.29 is 9.47 Å². The molecule has 4 heteroatoms. The van der Waals surface area contributed by atoms with Gasteiger partial charge in [0.1, 0.15) is 0 Å². The number of hydrogen-bond donors (Lipinski definition) is 1. The van der Waals surface area contributed by atoms with Crippen LogP contribution < -0.4 is 15.2 Å². The Kier molecular flexibility index (Phi) is 5.60. The van der Waals surface area contributed by atoms with Gasteiger partial charge in [0.2, 0.25) is 11.8 Å². The van der Waals surface area contributed by atoms with E-state index in [4.69, 9.17) is 15.2 Å². The van der Waals surface area contributed by atoms with Gasteiger partial charge < -0.3 is 15.2 Å². The number of nitrogens with zero attached hydrogens (tertiary/aromatic N) is 1. The molecule has 1 aromatic heterocycles. The Morgan fingerprint density at radius 1 is 1.29 bits per heavy atom.